The fourth-order valence-electron chi connectivity index (χ4n) is 4.34. The van der Waals surface area contributed by atoms with Crippen LogP contribution in [0, 0.1) is 10.8 Å². The Labute approximate surface area is 120 Å². The van der Waals surface area contributed by atoms with E-state index in [1.165, 1.54) is 51.6 Å². The molecule has 0 spiro atoms. The average molecular weight is 266 g/mol. The molecule has 2 fully saturated rings. The molecular weight excluding hydrogens is 232 g/mol. The molecule has 0 amide bonds. The molecule has 2 unspecified atom stereocenters. The zero-order valence-corrected chi connectivity index (χ0v) is 13.8. The van der Waals surface area contributed by atoms with Gasteiger partial charge in [0.05, 0.1) is 0 Å². The van der Waals surface area contributed by atoms with Crippen LogP contribution in [0.5, 0.6) is 0 Å². The van der Waals surface area contributed by atoms with E-state index in [-0.39, 0.29) is 0 Å². The molecule has 0 radical (unpaired) electrons. The second kappa shape index (κ2) is 5.73. The normalized spacial score (nSPS) is 35.2. The Morgan fingerprint density at radius 1 is 1.11 bits per heavy atom. The van der Waals surface area contributed by atoms with Crippen molar-refractivity contribution in [3.63, 3.8) is 0 Å². The summed E-state index contributed by atoms with van der Waals surface area (Å²) in [4.78, 5) is 2.79. The molecule has 112 valence electrons. The summed E-state index contributed by atoms with van der Waals surface area (Å²) < 4.78 is 0. The van der Waals surface area contributed by atoms with Crippen molar-refractivity contribution < 1.29 is 0 Å². The van der Waals surface area contributed by atoms with Gasteiger partial charge in [-0.3, -0.25) is 4.90 Å². The first-order valence-electron chi connectivity index (χ1n) is 8.33. The van der Waals surface area contributed by atoms with Crippen LogP contribution in [0.3, 0.4) is 0 Å². The molecule has 1 saturated heterocycles. The van der Waals surface area contributed by atoms with Gasteiger partial charge in [0.15, 0.2) is 0 Å². The standard InChI is InChI=1S/C17H34N2/c1-6-17(4)10-12-19(13-11-17)14-8-7-9-16(2,3)15(14)18-5/h14-15,18H,6-13H2,1-5H3. The van der Waals surface area contributed by atoms with E-state index < -0.39 is 0 Å². The number of nitrogens with zero attached hydrogens (tertiary/aromatic N) is 1. The maximum Gasteiger partial charge on any atom is 0.0271 e. The predicted molar refractivity (Wildman–Crippen MR) is 83.5 cm³/mol. The number of rotatable bonds is 3. The molecule has 19 heavy (non-hydrogen) atoms. The average Bonchev–Trinajstić information content (AvgIpc) is 2.38. The van der Waals surface area contributed by atoms with Crippen LogP contribution in [0.25, 0.3) is 0 Å². The van der Waals surface area contributed by atoms with Gasteiger partial charge in [0.1, 0.15) is 0 Å². The minimum absolute atomic E-state index is 0.448. The molecule has 2 atom stereocenters. The Balaban J connectivity index is 2.01. The van der Waals surface area contributed by atoms with E-state index in [1.807, 2.05) is 0 Å². The van der Waals surface area contributed by atoms with Crippen LogP contribution in [0.2, 0.25) is 0 Å². The summed E-state index contributed by atoms with van der Waals surface area (Å²) >= 11 is 0. The number of hydrogen-bond donors (Lipinski definition) is 1. The Morgan fingerprint density at radius 3 is 2.26 bits per heavy atom. The van der Waals surface area contributed by atoms with Gasteiger partial charge in [-0.05, 0) is 56.7 Å². The maximum absolute atomic E-state index is 3.63. The predicted octanol–water partition coefficient (Wildman–Crippen LogP) is 3.67. The van der Waals surface area contributed by atoms with Crippen molar-refractivity contribution in [2.45, 2.75) is 78.3 Å². The third kappa shape index (κ3) is 3.16. The van der Waals surface area contributed by atoms with Crippen LogP contribution in [-0.4, -0.2) is 37.1 Å². The van der Waals surface area contributed by atoms with E-state index in [1.54, 1.807) is 0 Å². The van der Waals surface area contributed by atoms with E-state index in [2.05, 4.69) is 45.0 Å². The topological polar surface area (TPSA) is 15.3 Å². The first-order chi connectivity index (χ1) is 8.92. The molecule has 0 aromatic heterocycles. The number of piperidine rings is 1. The molecule has 1 aliphatic heterocycles. The van der Waals surface area contributed by atoms with Crippen LogP contribution < -0.4 is 5.32 Å². The smallest absolute Gasteiger partial charge is 0.0271 e. The summed E-state index contributed by atoms with van der Waals surface area (Å²) in [6.07, 6.45) is 8.27. The number of hydrogen-bond acceptors (Lipinski definition) is 2. The lowest BCUT2D eigenvalue weighted by molar-refractivity contribution is 0.0133. The second-order valence-electron chi connectivity index (χ2n) is 7.91. The van der Waals surface area contributed by atoms with Crippen LogP contribution in [0.4, 0.5) is 0 Å². The molecule has 1 aliphatic carbocycles. The van der Waals surface area contributed by atoms with Crippen molar-refractivity contribution in [1.82, 2.24) is 10.2 Å². The minimum atomic E-state index is 0.448. The van der Waals surface area contributed by atoms with Crippen molar-refractivity contribution in [3.8, 4) is 0 Å². The SMILES string of the molecule is CCC1(C)CCN(C2CCCC(C)(C)C2NC)CC1. The third-order valence-electron chi connectivity index (χ3n) is 6.19. The molecule has 2 rings (SSSR count). The van der Waals surface area contributed by atoms with Crippen LogP contribution in [0.1, 0.15) is 66.2 Å². The highest BCUT2D eigenvalue weighted by Gasteiger charge is 2.42. The Hall–Kier alpha value is -0.0800. The Kier molecular flexibility index (Phi) is 4.62. The van der Waals surface area contributed by atoms with Crippen LogP contribution >= 0.6 is 0 Å². The molecule has 1 heterocycles. The minimum Gasteiger partial charge on any atom is -0.315 e. The second-order valence-corrected chi connectivity index (χ2v) is 7.91. The first-order valence-corrected chi connectivity index (χ1v) is 8.33. The fourth-order valence-corrected chi connectivity index (χ4v) is 4.34. The van der Waals surface area contributed by atoms with Gasteiger partial charge in [0, 0.05) is 12.1 Å². The lowest BCUT2D eigenvalue weighted by atomic mass is 9.69. The molecule has 0 aromatic carbocycles. The van der Waals surface area contributed by atoms with Crippen molar-refractivity contribution in [2.24, 2.45) is 10.8 Å². The van der Waals surface area contributed by atoms with Crippen LogP contribution in [0.15, 0.2) is 0 Å². The van der Waals surface area contributed by atoms with Crippen molar-refractivity contribution in [3.05, 3.63) is 0 Å². The van der Waals surface area contributed by atoms with E-state index in [0.29, 0.717) is 16.9 Å². The van der Waals surface area contributed by atoms with Gasteiger partial charge in [-0.2, -0.15) is 0 Å². The quantitative estimate of drug-likeness (QED) is 0.838. The molecule has 2 aliphatic rings. The summed E-state index contributed by atoms with van der Waals surface area (Å²) in [5.41, 5.74) is 1.05. The Morgan fingerprint density at radius 2 is 1.74 bits per heavy atom. The van der Waals surface area contributed by atoms with Crippen LogP contribution in [-0.2, 0) is 0 Å². The monoisotopic (exact) mass is 266 g/mol. The fraction of sp³-hybridized carbons (Fsp3) is 1.00. The zero-order chi connectivity index (χ0) is 14.1. The summed E-state index contributed by atoms with van der Waals surface area (Å²) in [5, 5.41) is 3.63. The lowest BCUT2D eigenvalue weighted by Crippen LogP contribution is -2.59. The van der Waals surface area contributed by atoms with Gasteiger partial charge < -0.3 is 5.32 Å². The molecule has 1 saturated carbocycles. The van der Waals surface area contributed by atoms with Gasteiger partial charge in [0.2, 0.25) is 0 Å². The zero-order valence-electron chi connectivity index (χ0n) is 13.8. The van der Waals surface area contributed by atoms with Crippen molar-refractivity contribution >= 4 is 0 Å². The lowest BCUT2D eigenvalue weighted by Gasteiger charge is -2.51. The molecule has 0 aromatic rings. The summed E-state index contributed by atoms with van der Waals surface area (Å²) in [5.74, 6) is 0. The highest BCUT2D eigenvalue weighted by atomic mass is 15.2. The highest BCUT2D eigenvalue weighted by molar-refractivity contribution is 4.99. The number of likely N-dealkylation sites (tertiary alicyclic amines) is 1. The van der Waals surface area contributed by atoms with Gasteiger partial charge in [-0.1, -0.05) is 40.5 Å². The van der Waals surface area contributed by atoms with Gasteiger partial charge in [-0.15, -0.1) is 0 Å². The third-order valence-corrected chi connectivity index (χ3v) is 6.19. The van der Waals surface area contributed by atoms with E-state index in [4.69, 9.17) is 0 Å². The number of nitrogens with one attached hydrogen (secondary N) is 1. The summed E-state index contributed by atoms with van der Waals surface area (Å²) in [7, 11) is 2.16. The summed E-state index contributed by atoms with van der Waals surface area (Å²) in [6, 6.07) is 1.42. The van der Waals surface area contributed by atoms with Gasteiger partial charge in [-0.25, -0.2) is 0 Å². The first kappa shape index (κ1) is 15.3. The van der Waals surface area contributed by atoms with Crippen molar-refractivity contribution in [1.29, 1.82) is 0 Å². The summed E-state index contributed by atoms with van der Waals surface area (Å²) in [6.45, 7) is 12.3. The molecule has 0 bridgehead atoms. The Bertz CT molecular complexity index is 290. The largest absolute Gasteiger partial charge is 0.315 e. The number of likely N-dealkylation sites (N-methyl/N-ethyl adjacent to an activating group) is 1. The van der Waals surface area contributed by atoms with E-state index >= 15 is 0 Å². The molecule has 2 nitrogen and oxygen atoms in total. The highest BCUT2D eigenvalue weighted by Crippen LogP contribution is 2.41. The van der Waals surface area contributed by atoms with E-state index in [0.717, 1.165) is 6.04 Å². The molecular formula is C17H34N2. The van der Waals surface area contributed by atoms with E-state index in [9.17, 15) is 0 Å². The maximum atomic E-state index is 3.63. The van der Waals surface area contributed by atoms with Gasteiger partial charge in [0.25, 0.3) is 0 Å². The van der Waals surface area contributed by atoms with Crippen molar-refractivity contribution in [2.75, 3.05) is 20.1 Å². The molecule has 2 heteroatoms. The molecule has 1 N–H and O–H groups in total. The van der Waals surface area contributed by atoms with Gasteiger partial charge >= 0.3 is 0 Å².